The van der Waals surface area contributed by atoms with Crippen molar-refractivity contribution in [1.29, 1.82) is 0 Å². The number of aliphatic hydroxyl groups excluding tert-OH is 2. The third-order valence-electron chi connectivity index (χ3n) is 2.79. The average molecular weight is 192 g/mol. The first-order valence-electron chi connectivity index (χ1n) is 5.17. The summed E-state index contributed by atoms with van der Waals surface area (Å²) in [4.78, 5) is 0. The highest BCUT2D eigenvalue weighted by Gasteiger charge is 2.34. The Kier molecular flexibility index (Phi) is 2.85. The SMILES string of the molecule is OC(Cc1ccccc1)C(O)C1CC1. The van der Waals surface area contributed by atoms with E-state index in [1.807, 2.05) is 30.3 Å². The van der Waals surface area contributed by atoms with Crippen LogP contribution < -0.4 is 0 Å². The van der Waals surface area contributed by atoms with Crippen LogP contribution in [0.1, 0.15) is 18.4 Å². The molecular formula is C12H16O2. The molecular weight excluding hydrogens is 176 g/mol. The molecule has 0 radical (unpaired) electrons. The van der Waals surface area contributed by atoms with Gasteiger partial charge in [0.05, 0.1) is 12.2 Å². The standard InChI is InChI=1S/C12H16O2/c13-11(12(14)10-6-7-10)8-9-4-2-1-3-5-9/h1-5,10-14H,6-8H2. The summed E-state index contributed by atoms with van der Waals surface area (Å²) in [7, 11) is 0. The normalized spacial score (nSPS) is 20.4. The zero-order valence-corrected chi connectivity index (χ0v) is 8.13. The number of benzene rings is 1. The van der Waals surface area contributed by atoms with Crippen molar-refractivity contribution in [2.24, 2.45) is 5.92 Å². The van der Waals surface area contributed by atoms with E-state index in [0.29, 0.717) is 12.3 Å². The lowest BCUT2D eigenvalue weighted by Crippen LogP contribution is -2.29. The Morgan fingerprint density at radius 3 is 2.36 bits per heavy atom. The molecule has 2 heteroatoms. The molecule has 1 saturated carbocycles. The first-order valence-corrected chi connectivity index (χ1v) is 5.17. The van der Waals surface area contributed by atoms with E-state index in [9.17, 15) is 10.2 Å². The second-order valence-corrected chi connectivity index (χ2v) is 4.09. The smallest absolute Gasteiger partial charge is 0.0842 e. The van der Waals surface area contributed by atoms with Crippen molar-refractivity contribution in [3.63, 3.8) is 0 Å². The third-order valence-corrected chi connectivity index (χ3v) is 2.79. The van der Waals surface area contributed by atoms with Crippen LogP contribution in [0, 0.1) is 5.92 Å². The van der Waals surface area contributed by atoms with E-state index in [4.69, 9.17) is 0 Å². The van der Waals surface area contributed by atoms with Gasteiger partial charge in [0.25, 0.3) is 0 Å². The average Bonchev–Trinajstić information content (AvgIpc) is 3.01. The van der Waals surface area contributed by atoms with Crippen molar-refractivity contribution in [2.45, 2.75) is 31.5 Å². The maximum absolute atomic E-state index is 9.73. The van der Waals surface area contributed by atoms with Crippen molar-refractivity contribution < 1.29 is 10.2 Å². The molecule has 1 aromatic carbocycles. The maximum atomic E-state index is 9.73. The topological polar surface area (TPSA) is 40.5 Å². The van der Waals surface area contributed by atoms with E-state index in [1.165, 1.54) is 0 Å². The molecule has 1 aliphatic rings. The van der Waals surface area contributed by atoms with Crippen LogP contribution in [-0.2, 0) is 6.42 Å². The van der Waals surface area contributed by atoms with Crippen LogP contribution in [0.4, 0.5) is 0 Å². The lowest BCUT2D eigenvalue weighted by molar-refractivity contribution is 0.00673. The van der Waals surface area contributed by atoms with Gasteiger partial charge in [-0.3, -0.25) is 0 Å². The number of aliphatic hydroxyl groups is 2. The Morgan fingerprint density at radius 2 is 1.79 bits per heavy atom. The zero-order valence-electron chi connectivity index (χ0n) is 8.13. The molecule has 0 heterocycles. The fourth-order valence-electron chi connectivity index (χ4n) is 1.73. The molecule has 14 heavy (non-hydrogen) atoms. The van der Waals surface area contributed by atoms with Crippen LogP contribution >= 0.6 is 0 Å². The third kappa shape index (κ3) is 2.34. The van der Waals surface area contributed by atoms with Crippen LogP contribution in [0.2, 0.25) is 0 Å². The van der Waals surface area contributed by atoms with Gasteiger partial charge < -0.3 is 10.2 Å². The predicted molar refractivity (Wildman–Crippen MR) is 54.9 cm³/mol. The summed E-state index contributed by atoms with van der Waals surface area (Å²) in [5, 5.41) is 19.4. The molecule has 1 aromatic rings. The summed E-state index contributed by atoms with van der Waals surface area (Å²) in [5.41, 5.74) is 1.08. The number of hydrogen-bond acceptors (Lipinski definition) is 2. The van der Waals surface area contributed by atoms with E-state index in [1.54, 1.807) is 0 Å². The van der Waals surface area contributed by atoms with E-state index < -0.39 is 12.2 Å². The van der Waals surface area contributed by atoms with Gasteiger partial charge in [-0.2, -0.15) is 0 Å². The molecule has 0 bridgehead atoms. The van der Waals surface area contributed by atoms with Crippen molar-refractivity contribution in [3.05, 3.63) is 35.9 Å². The fraction of sp³-hybridized carbons (Fsp3) is 0.500. The highest BCUT2D eigenvalue weighted by Crippen LogP contribution is 2.34. The molecule has 0 amide bonds. The van der Waals surface area contributed by atoms with Gasteiger partial charge in [0.2, 0.25) is 0 Å². The first kappa shape index (κ1) is 9.69. The van der Waals surface area contributed by atoms with Crippen molar-refractivity contribution in [3.8, 4) is 0 Å². The van der Waals surface area contributed by atoms with Crippen molar-refractivity contribution in [2.75, 3.05) is 0 Å². The van der Waals surface area contributed by atoms with Gasteiger partial charge >= 0.3 is 0 Å². The van der Waals surface area contributed by atoms with E-state index >= 15 is 0 Å². The summed E-state index contributed by atoms with van der Waals surface area (Å²) >= 11 is 0. The van der Waals surface area contributed by atoms with Crippen LogP contribution in [0.3, 0.4) is 0 Å². The van der Waals surface area contributed by atoms with Crippen molar-refractivity contribution >= 4 is 0 Å². The van der Waals surface area contributed by atoms with Gasteiger partial charge in [-0.15, -0.1) is 0 Å². The molecule has 0 saturated heterocycles. The summed E-state index contributed by atoms with van der Waals surface area (Å²) in [6.07, 6.45) is 1.54. The largest absolute Gasteiger partial charge is 0.390 e. The van der Waals surface area contributed by atoms with Crippen LogP contribution in [-0.4, -0.2) is 22.4 Å². The summed E-state index contributed by atoms with van der Waals surface area (Å²) in [6.45, 7) is 0. The van der Waals surface area contributed by atoms with E-state index in [0.717, 1.165) is 18.4 Å². The van der Waals surface area contributed by atoms with E-state index in [2.05, 4.69) is 0 Å². The Balaban J connectivity index is 1.90. The fourth-order valence-corrected chi connectivity index (χ4v) is 1.73. The van der Waals surface area contributed by atoms with Gasteiger partial charge in [-0.05, 0) is 24.3 Å². The van der Waals surface area contributed by atoms with Crippen LogP contribution in [0.15, 0.2) is 30.3 Å². The lowest BCUT2D eigenvalue weighted by Gasteiger charge is -2.16. The van der Waals surface area contributed by atoms with Crippen molar-refractivity contribution in [1.82, 2.24) is 0 Å². The molecule has 2 N–H and O–H groups in total. The van der Waals surface area contributed by atoms with Gasteiger partial charge in [0.1, 0.15) is 0 Å². The van der Waals surface area contributed by atoms with Gasteiger partial charge in [-0.25, -0.2) is 0 Å². The molecule has 2 rings (SSSR count). The minimum absolute atomic E-state index is 0.341. The van der Waals surface area contributed by atoms with Crippen LogP contribution in [0.5, 0.6) is 0 Å². The Morgan fingerprint density at radius 1 is 1.14 bits per heavy atom. The Labute approximate surface area is 84.2 Å². The van der Waals surface area contributed by atoms with Gasteiger partial charge in [0, 0.05) is 6.42 Å². The Bertz CT molecular complexity index is 280. The molecule has 0 aliphatic heterocycles. The Hall–Kier alpha value is -0.860. The molecule has 1 fully saturated rings. The molecule has 0 spiro atoms. The predicted octanol–water partition coefficient (Wildman–Crippen LogP) is 1.36. The summed E-state index contributed by atoms with van der Waals surface area (Å²) in [6, 6.07) is 9.80. The second-order valence-electron chi connectivity index (χ2n) is 4.09. The monoisotopic (exact) mass is 192 g/mol. The first-order chi connectivity index (χ1) is 6.77. The number of rotatable bonds is 4. The maximum Gasteiger partial charge on any atom is 0.0842 e. The highest BCUT2D eigenvalue weighted by atomic mass is 16.3. The summed E-state index contributed by atoms with van der Waals surface area (Å²) in [5.74, 6) is 0.341. The van der Waals surface area contributed by atoms with E-state index in [-0.39, 0.29) is 0 Å². The minimum Gasteiger partial charge on any atom is -0.390 e. The minimum atomic E-state index is -0.607. The van der Waals surface area contributed by atoms with Crippen LogP contribution in [0.25, 0.3) is 0 Å². The molecule has 0 aromatic heterocycles. The lowest BCUT2D eigenvalue weighted by atomic mass is 10.0. The summed E-state index contributed by atoms with van der Waals surface area (Å²) < 4.78 is 0. The quantitative estimate of drug-likeness (QED) is 0.756. The second kappa shape index (κ2) is 4.11. The zero-order chi connectivity index (χ0) is 9.97. The van der Waals surface area contributed by atoms with Gasteiger partial charge in [0.15, 0.2) is 0 Å². The highest BCUT2D eigenvalue weighted by molar-refractivity contribution is 5.15. The molecule has 76 valence electrons. The molecule has 1 aliphatic carbocycles. The number of hydrogen-bond donors (Lipinski definition) is 2. The van der Waals surface area contributed by atoms with Gasteiger partial charge in [-0.1, -0.05) is 30.3 Å². The molecule has 2 atom stereocenters. The molecule has 2 unspecified atom stereocenters. The molecule has 2 nitrogen and oxygen atoms in total.